The monoisotopic (exact) mass is 198 g/mol. The normalized spacial score (nSPS) is 11.7. The molecule has 1 aromatic rings. The highest BCUT2D eigenvalue weighted by atomic mass is 35.5. The van der Waals surface area contributed by atoms with Gasteiger partial charge in [-0.15, -0.1) is 4.91 Å². The highest BCUT2D eigenvalue weighted by Crippen LogP contribution is 2.33. The zero-order valence-corrected chi connectivity index (χ0v) is 6.23. The van der Waals surface area contributed by atoms with Crippen molar-refractivity contribution in [2.24, 2.45) is 5.18 Å². The van der Waals surface area contributed by atoms with Crippen LogP contribution in [0.5, 0.6) is 0 Å². The lowest BCUT2D eigenvalue weighted by molar-refractivity contribution is -0.141. The van der Waals surface area contributed by atoms with E-state index in [1.54, 1.807) is 0 Å². The highest BCUT2D eigenvalue weighted by molar-refractivity contribution is 6.16. The van der Waals surface area contributed by atoms with Gasteiger partial charge in [-0.05, 0) is 11.2 Å². The lowest BCUT2D eigenvalue weighted by Gasteiger charge is -2.03. The fourth-order valence-corrected chi connectivity index (χ4v) is 0.922. The van der Waals surface area contributed by atoms with E-state index in [1.807, 2.05) is 0 Å². The van der Waals surface area contributed by atoms with Crippen molar-refractivity contribution in [1.82, 2.24) is 4.09 Å². The average molecular weight is 199 g/mol. The van der Waals surface area contributed by atoms with Gasteiger partial charge >= 0.3 is 6.18 Å². The average Bonchev–Trinajstić information content (AvgIpc) is 2.29. The largest absolute Gasteiger partial charge is 0.432 e. The van der Waals surface area contributed by atoms with Crippen LogP contribution in [-0.4, -0.2) is 4.09 Å². The summed E-state index contributed by atoms with van der Waals surface area (Å²) < 4.78 is 36.1. The summed E-state index contributed by atoms with van der Waals surface area (Å²) in [6, 6.07) is 0.569. The van der Waals surface area contributed by atoms with Crippen LogP contribution in [0.3, 0.4) is 0 Å². The second-order valence-corrected chi connectivity index (χ2v) is 2.35. The Morgan fingerprint density at radius 1 is 1.50 bits per heavy atom. The SMILES string of the molecule is O=Nc1cc(C(F)(F)F)n(Cl)c1. The Bertz CT molecular complexity index is 306. The molecule has 0 bridgehead atoms. The number of nitrogens with zero attached hydrogens (tertiary/aromatic N) is 2. The lowest BCUT2D eigenvalue weighted by Crippen LogP contribution is -2.07. The zero-order valence-electron chi connectivity index (χ0n) is 5.47. The quantitative estimate of drug-likeness (QED) is 0.639. The fraction of sp³-hybridized carbons (Fsp3) is 0.200. The molecule has 0 fully saturated rings. The van der Waals surface area contributed by atoms with Crippen LogP contribution in [0, 0.1) is 4.91 Å². The van der Waals surface area contributed by atoms with Gasteiger partial charge in [-0.2, -0.15) is 13.2 Å². The van der Waals surface area contributed by atoms with Gasteiger partial charge in [0.15, 0.2) is 0 Å². The Morgan fingerprint density at radius 2 is 2.08 bits per heavy atom. The summed E-state index contributed by atoms with van der Waals surface area (Å²) in [7, 11) is 0. The van der Waals surface area contributed by atoms with Crippen molar-refractivity contribution in [2.45, 2.75) is 6.18 Å². The summed E-state index contributed by atoms with van der Waals surface area (Å²) in [6.07, 6.45) is -3.78. The number of halogens is 4. The smallest absolute Gasteiger partial charge is 0.253 e. The van der Waals surface area contributed by atoms with E-state index in [1.165, 1.54) is 0 Å². The number of hydrogen-bond donors (Lipinski definition) is 0. The van der Waals surface area contributed by atoms with Crippen LogP contribution in [0.25, 0.3) is 0 Å². The Morgan fingerprint density at radius 3 is 2.33 bits per heavy atom. The zero-order chi connectivity index (χ0) is 9.35. The topological polar surface area (TPSA) is 34.4 Å². The number of alkyl halides is 3. The van der Waals surface area contributed by atoms with Gasteiger partial charge in [-0.3, -0.25) is 4.09 Å². The molecule has 0 aliphatic rings. The van der Waals surface area contributed by atoms with Crippen LogP contribution in [-0.2, 0) is 6.18 Å². The highest BCUT2D eigenvalue weighted by Gasteiger charge is 2.34. The van der Waals surface area contributed by atoms with Gasteiger partial charge in [0, 0.05) is 11.8 Å². The third-order valence-corrected chi connectivity index (χ3v) is 1.44. The summed E-state index contributed by atoms with van der Waals surface area (Å²) >= 11 is 5.11. The molecule has 0 atom stereocenters. The van der Waals surface area contributed by atoms with Crippen molar-refractivity contribution >= 4 is 17.5 Å². The molecule has 0 unspecified atom stereocenters. The molecule has 12 heavy (non-hydrogen) atoms. The molecule has 0 aliphatic carbocycles. The lowest BCUT2D eigenvalue weighted by atomic mass is 10.4. The summed E-state index contributed by atoms with van der Waals surface area (Å²) in [5, 5.41) is 2.31. The van der Waals surface area contributed by atoms with Gasteiger partial charge in [0.05, 0.1) is 6.20 Å². The third kappa shape index (κ3) is 1.58. The van der Waals surface area contributed by atoms with Gasteiger partial charge < -0.3 is 0 Å². The van der Waals surface area contributed by atoms with Crippen molar-refractivity contribution in [2.75, 3.05) is 0 Å². The molecule has 0 radical (unpaired) electrons. The summed E-state index contributed by atoms with van der Waals surface area (Å²) in [6.45, 7) is 0. The first-order valence-electron chi connectivity index (χ1n) is 2.74. The molecule has 1 aromatic heterocycles. The maximum Gasteiger partial charge on any atom is 0.432 e. The van der Waals surface area contributed by atoms with E-state index in [-0.39, 0.29) is 9.77 Å². The summed E-state index contributed by atoms with van der Waals surface area (Å²) in [5.74, 6) is 0. The van der Waals surface area contributed by atoms with Crippen LogP contribution in [0.4, 0.5) is 18.9 Å². The molecule has 3 nitrogen and oxygen atoms in total. The number of rotatable bonds is 1. The Balaban J connectivity index is 3.16. The minimum atomic E-state index is -4.56. The number of aromatic nitrogens is 1. The van der Waals surface area contributed by atoms with Gasteiger partial charge in [0.25, 0.3) is 0 Å². The molecule has 0 saturated carbocycles. The molecule has 66 valence electrons. The minimum Gasteiger partial charge on any atom is -0.253 e. The van der Waals surface area contributed by atoms with E-state index < -0.39 is 11.9 Å². The predicted octanol–water partition coefficient (Wildman–Crippen LogP) is 2.91. The van der Waals surface area contributed by atoms with E-state index >= 15 is 0 Å². The van der Waals surface area contributed by atoms with Crippen molar-refractivity contribution in [1.29, 1.82) is 0 Å². The fourth-order valence-electron chi connectivity index (χ4n) is 0.678. The maximum atomic E-state index is 11.9. The summed E-state index contributed by atoms with van der Waals surface area (Å²) in [4.78, 5) is 9.81. The standard InChI is InChI=1S/C5H2ClF3N2O/c6-11-2-3(10-12)1-4(11)5(7,8)9/h1-2H. The molecule has 1 heterocycles. The molecule has 0 saturated heterocycles. The molecule has 0 amide bonds. The van der Waals surface area contributed by atoms with Crippen LogP contribution >= 0.6 is 11.8 Å². The van der Waals surface area contributed by atoms with Gasteiger partial charge in [0.1, 0.15) is 11.4 Å². The Hall–Kier alpha value is -1.04. The molecule has 0 spiro atoms. The minimum absolute atomic E-state index is 0.288. The van der Waals surface area contributed by atoms with E-state index in [4.69, 9.17) is 11.8 Å². The number of nitroso groups, excluding NO2 is 1. The van der Waals surface area contributed by atoms with Crippen molar-refractivity contribution in [3.05, 3.63) is 22.9 Å². The molecular weight excluding hydrogens is 197 g/mol. The Labute approximate surface area is 69.8 Å². The molecule has 0 aliphatic heterocycles. The Kier molecular flexibility index (Phi) is 2.10. The van der Waals surface area contributed by atoms with Crippen LogP contribution < -0.4 is 0 Å². The van der Waals surface area contributed by atoms with E-state index in [9.17, 15) is 18.1 Å². The second kappa shape index (κ2) is 2.78. The van der Waals surface area contributed by atoms with Gasteiger partial charge in [0.2, 0.25) is 0 Å². The second-order valence-electron chi connectivity index (χ2n) is 1.98. The molecular formula is C5H2ClF3N2O. The van der Waals surface area contributed by atoms with Crippen LogP contribution in [0.15, 0.2) is 17.4 Å². The van der Waals surface area contributed by atoms with Gasteiger partial charge in [-0.1, -0.05) is 0 Å². The first-order chi connectivity index (χ1) is 5.45. The van der Waals surface area contributed by atoms with E-state index in [2.05, 4.69) is 5.18 Å². The molecule has 7 heteroatoms. The third-order valence-electron chi connectivity index (χ3n) is 1.16. The molecule has 1 rings (SSSR count). The first-order valence-corrected chi connectivity index (χ1v) is 3.08. The van der Waals surface area contributed by atoms with Crippen LogP contribution in [0.1, 0.15) is 5.69 Å². The van der Waals surface area contributed by atoms with Gasteiger partial charge in [-0.25, -0.2) is 0 Å². The maximum absolute atomic E-state index is 11.9. The number of hydrogen-bond acceptors (Lipinski definition) is 2. The predicted molar refractivity (Wildman–Crippen MR) is 36.1 cm³/mol. The van der Waals surface area contributed by atoms with Crippen molar-refractivity contribution in [3.63, 3.8) is 0 Å². The first kappa shape index (κ1) is 9.05. The molecule has 0 N–H and O–H groups in total. The van der Waals surface area contributed by atoms with E-state index in [0.717, 1.165) is 6.20 Å². The molecule has 0 aromatic carbocycles. The van der Waals surface area contributed by atoms with Crippen molar-refractivity contribution in [3.8, 4) is 0 Å². The van der Waals surface area contributed by atoms with E-state index in [0.29, 0.717) is 6.07 Å². The van der Waals surface area contributed by atoms with Crippen molar-refractivity contribution < 1.29 is 13.2 Å². The summed E-state index contributed by atoms with van der Waals surface area (Å²) in [5.41, 5.74) is -1.46. The van der Waals surface area contributed by atoms with Crippen LogP contribution in [0.2, 0.25) is 0 Å².